The molecule has 14 nitrogen and oxygen atoms in total. The van der Waals surface area contributed by atoms with Gasteiger partial charge in [0.15, 0.2) is 5.65 Å². The molecule has 5 atom stereocenters. The van der Waals surface area contributed by atoms with E-state index in [4.69, 9.17) is 9.72 Å². The molecule has 2 aliphatic carbocycles. The molecular formula is C30H37N7O7S2. The summed E-state index contributed by atoms with van der Waals surface area (Å²) in [6, 6.07) is 2.62. The van der Waals surface area contributed by atoms with Crippen LogP contribution in [0.15, 0.2) is 36.4 Å². The summed E-state index contributed by atoms with van der Waals surface area (Å²) in [5.74, 6) is -2.48. The molecule has 1 aliphatic heterocycles. The number of hydrogen-bond donors (Lipinski definition) is 3. The lowest BCUT2D eigenvalue weighted by molar-refractivity contribution is -0.150. The highest BCUT2D eigenvalue weighted by atomic mass is 32.2. The van der Waals surface area contributed by atoms with Crippen molar-refractivity contribution in [2.45, 2.75) is 75.5 Å². The molecule has 46 heavy (non-hydrogen) atoms. The zero-order chi connectivity index (χ0) is 33.2. The summed E-state index contributed by atoms with van der Waals surface area (Å²) >= 11 is 1.45. The topological polar surface area (TPSA) is 186 Å². The van der Waals surface area contributed by atoms with Crippen LogP contribution in [0, 0.1) is 11.3 Å². The second-order valence-corrected chi connectivity index (χ2v) is 16.2. The number of aryl methyl sites for hydroxylation is 1. The number of aromatic nitrogens is 4. The average Bonchev–Trinajstić information content (AvgIpc) is 3.82. The number of fused-ring (bicyclic) bond motifs is 1. The Morgan fingerprint density at radius 1 is 1.26 bits per heavy atom. The summed E-state index contributed by atoms with van der Waals surface area (Å²) in [6.45, 7) is 8.80. The minimum Gasteiger partial charge on any atom is -0.471 e. The number of likely N-dealkylation sites (tertiary alicyclic amines) is 1. The Hall–Kier alpha value is -3.89. The van der Waals surface area contributed by atoms with Crippen molar-refractivity contribution in [2.24, 2.45) is 18.4 Å². The molecule has 3 aliphatic rings. The van der Waals surface area contributed by atoms with E-state index in [2.05, 4.69) is 26.7 Å². The van der Waals surface area contributed by atoms with Crippen molar-refractivity contribution in [1.82, 2.24) is 34.7 Å². The van der Waals surface area contributed by atoms with Crippen molar-refractivity contribution in [3.63, 3.8) is 0 Å². The summed E-state index contributed by atoms with van der Waals surface area (Å²) < 4.78 is 35.2. The lowest BCUT2D eigenvalue weighted by Gasteiger charge is -2.32. The first-order chi connectivity index (χ1) is 21.6. The number of aliphatic hydroxyl groups excluding tert-OH is 1. The van der Waals surface area contributed by atoms with Crippen LogP contribution < -0.4 is 14.8 Å². The van der Waals surface area contributed by atoms with Gasteiger partial charge in [-0.1, -0.05) is 32.9 Å². The number of thiophene rings is 1. The van der Waals surface area contributed by atoms with Gasteiger partial charge in [-0.3, -0.25) is 19.1 Å². The fourth-order valence-electron chi connectivity index (χ4n) is 5.68. The molecule has 3 N–H and O–H groups in total. The van der Waals surface area contributed by atoms with Gasteiger partial charge in [-0.15, -0.1) is 17.9 Å². The van der Waals surface area contributed by atoms with E-state index in [1.807, 2.05) is 17.5 Å². The predicted octanol–water partition coefficient (Wildman–Crippen LogP) is 1.52. The van der Waals surface area contributed by atoms with Crippen molar-refractivity contribution in [1.29, 1.82) is 0 Å². The Kier molecular flexibility index (Phi) is 7.96. The molecule has 3 aromatic heterocycles. The van der Waals surface area contributed by atoms with E-state index in [9.17, 15) is 27.9 Å². The van der Waals surface area contributed by atoms with E-state index in [1.54, 1.807) is 38.7 Å². The Labute approximate surface area is 270 Å². The molecule has 0 bridgehead atoms. The minimum absolute atomic E-state index is 0.0141. The molecule has 246 valence electrons. The highest BCUT2D eigenvalue weighted by Gasteiger charge is 2.62. The standard InChI is InChI=1S/C30H37N7O7S2/c1-6-16-13-30(16,28(41)35-46(42,43)18-9-10-18)34-25(39)20-12-17(15-37(20)27(40)23(38)29(2,3)4)44-26-22(21-8-7-11-45-21)32-19-14-31-36(5)24(19)33-26/h6-8,11,14,16-18,20,23,38H,1,9-10,12-13,15H2,2-5H3,(H,34,39)(H,35,41)/t16-,17-,20+,23-,30-/m1/s1. The third-order valence-corrected chi connectivity index (χ3v) is 11.4. The zero-order valence-corrected chi connectivity index (χ0v) is 27.6. The van der Waals surface area contributed by atoms with Crippen LogP contribution in [0.25, 0.3) is 21.7 Å². The Morgan fingerprint density at radius 2 is 2.00 bits per heavy atom. The highest BCUT2D eigenvalue weighted by Crippen LogP contribution is 2.45. The molecule has 3 fully saturated rings. The summed E-state index contributed by atoms with van der Waals surface area (Å²) in [5.41, 5.74) is -0.824. The number of aliphatic hydroxyl groups is 1. The lowest BCUT2D eigenvalue weighted by Crippen LogP contribution is -2.57. The second kappa shape index (κ2) is 11.4. The number of amides is 3. The molecule has 0 aromatic carbocycles. The van der Waals surface area contributed by atoms with Crippen molar-refractivity contribution >= 4 is 50.2 Å². The first-order valence-electron chi connectivity index (χ1n) is 15.0. The summed E-state index contributed by atoms with van der Waals surface area (Å²) in [6.07, 6.45) is 2.03. The Bertz CT molecular complexity index is 1810. The number of hydrogen-bond acceptors (Lipinski definition) is 11. The maximum atomic E-state index is 14.0. The van der Waals surface area contributed by atoms with Gasteiger partial charge < -0.3 is 20.1 Å². The molecule has 3 amide bonds. The number of carbonyl (C=O) groups excluding carboxylic acids is 3. The number of carbonyl (C=O) groups is 3. The first-order valence-corrected chi connectivity index (χ1v) is 17.5. The predicted molar refractivity (Wildman–Crippen MR) is 169 cm³/mol. The van der Waals surface area contributed by atoms with Gasteiger partial charge in [-0.2, -0.15) is 10.1 Å². The lowest BCUT2D eigenvalue weighted by atomic mass is 9.88. The Balaban J connectivity index is 1.29. The van der Waals surface area contributed by atoms with E-state index >= 15 is 0 Å². The van der Waals surface area contributed by atoms with Crippen LogP contribution >= 0.6 is 11.3 Å². The Morgan fingerprint density at radius 3 is 2.61 bits per heavy atom. The summed E-state index contributed by atoms with van der Waals surface area (Å²) in [7, 11) is -2.14. The molecular weight excluding hydrogens is 635 g/mol. The van der Waals surface area contributed by atoms with E-state index < -0.39 is 68.1 Å². The van der Waals surface area contributed by atoms with Gasteiger partial charge in [0.1, 0.15) is 35.0 Å². The van der Waals surface area contributed by atoms with Crippen LogP contribution in [0.5, 0.6) is 5.88 Å². The molecule has 2 saturated carbocycles. The normalized spacial score (nSPS) is 25.2. The van der Waals surface area contributed by atoms with Crippen LogP contribution in [-0.2, 0) is 31.5 Å². The third kappa shape index (κ3) is 5.88. The molecule has 4 heterocycles. The molecule has 0 unspecified atom stereocenters. The number of sulfonamides is 1. The van der Waals surface area contributed by atoms with Crippen molar-refractivity contribution in [2.75, 3.05) is 6.54 Å². The van der Waals surface area contributed by atoms with E-state index in [0.29, 0.717) is 29.7 Å². The maximum Gasteiger partial charge on any atom is 0.259 e. The first kappa shape index (κ1) is 32.1. The zero-order valence-electron chi connectivity index (χ0n) is 26.0. The molecule has 16 heteroatoms. The van der Waals surface area contributed by atoms with Crippen LogP contribution in [0.2, 0.25) is 0 Å². The monoisotopic (exact) mass is 671 g/mol. The highest BCUT2D eigenvalue weighted by molar-refractivity contribution is 7.91. The number of nitrogens with zero attached hydrogens (tertiary/aromatic N) is 5. The largest absolute Gasteiger partial charge is 0.471 e. The number of rotatable bonds is 10. The number of ether oxygens (including phenoxy) is 1. The van der Waals surface area contributed by atoms with Crippen LogP contribution in [-0.4, -0.2) is 91.5 Å². The molecule has 0 radical (unpaired) electrons. The van der Waals surface area contributed by atoms with Gasteiger partial charge in [-0.05, 0) is 36.1 Å². The SMILES string of the molecule is C=C[C@@H]1C[C@]1(NC(=O)[C@@H]1C[C@@H](Oc2nc3c(cnn3C)nc2-c2cccs2)CN1C(=O)[C@@H](O)C(C)(C)C)C(=O)NS(=O)(=O)C1CC1. The smallest absolute Gasteiger partial charge is 0.259 e. The van der Waals surface area contributed by atoms with E-state index in [-0.39, 0.29) is 25.3 Å². The fourth-order valence-corrected chi connectivity index (χ4v) is 7.75. The van der Waals surface area contributed by atoms with Gasteiger partial charge in [0.2, 0.25) is 21.8 Å². The fraction of sp³-hybridized carbons (Fsp3) is 0.533. The average molecular weight is 672 g/mol. The van der Waals surface area contributed by atoms with Crippen molar-refractivity contribution in [3.05, 3.63) is 36.4 Å². The summed E-state index contributed by atoms with van der Waals surface area (Å²) in [4.78, 5) is 52.4. The molecule has 1 saturated heterocycles. The molecule has 0 spiro atoms. The molecule has 6 rings (SSSR count). The number of nitrogens with one attached hydrogen (secondary N) is 2. The van der Waals surface area contributed by atoms with Gasteiger partial charge in [0, 0.05) is 19.4 Å². The van der Waals surface area contributed by atoms with Gasteiger partial charge in [0.05, 0.1) is 22.9 Å². The minimum atomic E-state index is -3.87. The van der Waals surface area contributed by atoms with Crippen LogP contribution in [0.1, 0.15) is 46.5 Å². The van der Waals surface area contributed by atoms with Crippen molar-refractivity contribution < 1.29 is 32.6 Å². The maximum absolute atomic E-state index is 14.0. The molecule has 3 aromatic rings. The van der Waals surface area contributed by atoms with Gasteiger partial charge in [0.25, 0.3) is 11.8 Å². The third-order valence-electron chi connectivity index (χ3n) is 8.72. The van der Waals surface area contributed by atoms with Crippen molar-refractivity contribution in [3.8, 4) is 16.5 Å². The van der Waals surface area contributed by atoms with Crippen LogP contribution in [0.4, 0.5) is 0 Å². The van der Waals surface area contributed by atoms with E-state index in [1.165, 1.54) is 22.3 Å². The van der Waals surface area contributed by atoms with E-state index in [0.717, 1.165) is 4.88 Å². The quantitative estimate of drug-likeness (QED) is 0.267. The second-order valence-electron chi connectivity index (χ2n) is 13.3. The van der Waals surface area contributed by atoms with Gasteiger partial charge >= 0.3 is 0 Å². The van der Waals surface area contributed by atoms with Gasteiger partial charge in [-0.25, -0.2) is 18.1 Å². The van der Waals surface area contributed by atoms with Crippen LogP contribution in [0.3, 0.4) is 0 Å². The summed E-state index contributed by atoms with van der Waals surface area (Å²) in [5, 5.41) is 19.2.